The highest BCUT2D eigenvalue weighted by molar-refractivity contribution is 5.97. The van der Waals surface area contributed by atoms with Gasteiger partial charge in [0.25, 0.3) is 5.91 Å². The number of para-hydroxylation sites is 1. The molecule has 7 heteroatoms. The number of piperazine rings is 1. The van der Waals surface area contributed by atoms with Crippen molar-refractivity contribution in [1.82, 2.24) is 19.8 Å². The van der Waals surface area contributed by atoms with Crippen LogP contribution in [-0.2, 0) is 6.54 Å². The van der Waals surface area contributed by atoms with E-state index >= 15 is 0 Å². The van der Waals surface area contributed by atoms with Crippen molar-refractivity contribution in [3.8, 4) is 11.5 Å². The average Bonchev–Trinajstić information content (AvgIpc) is 3.15. The van der Waals surface area contributed by atoms with E-state index in [0.29, 0.717) is 24.4 Å². The van der Waals surface area contributed by atoms with Gasteiger partial charge >= 0.3 is 0 Å². The Morgan fingerprint density at radius 1 is 1.07 bits per heavy atom. The molecule has 2 heterocycles. The molecule has 0 radical (unpaired) electrons. The Morgan fingerprint density at radius 3 is 2.61 bits per heavy atom. The zero-order valence-corrected chi connectivity index (χ0v) is 16.1. The van der Waals surface area contributed by atoms with Crippen molar-refractivity contribution in [2.75, 3.05) is 40.4 Å². The molecule has 1 aliphatic heterocycles. The zero-order valence-electron chi connectivity index (χ0n) is 16.1. The third-order valence-electron chi connectivity index (χ3n) is 5.11. The van der Waals surface area contributed by atoms with E-state index in [4.69, 9.17) is 9.47 Å². The molecular formula is C21H24N4O3. The minimum Gasteiger partial charge on any atom is -0.497 e. The molecule has 1 fully saturated rings. The average molecular weight is 380 g/mol. The first-order chi connectivity index (χ1) is 13.7. The number of carbonyl (C=O) groups is 1. The van der Waals surface area contributed by atoms with E-state index in [9.17, 15) is 4.79 Å². The van der Waals surface area contributed by atoms with Crippen LogP contribution in [0.15, 0.2) is 42.5 Å². The standard InChI is InChI=1S/C21H24N4O3/c1-27-15-7-8-17-18(13-15)23-20(22-17)14-24-9-11-25(12-10-24)21(26)16-5-3-4-6-19(16)28-2/h3-8,13H,9-12,14H2,1-2H3,(H,22,23). The van der Waals surface area contributed by atoms with E-state index in [1.807, 2.05) is 47.4 Å². The van der Waals surface area contributed by atoms with Crippen molar-refractivity contribution < 1.29 is 14.3 Å². The fraction of sp³-hybridized carbons (Fsp3) is 0.333. The van der Waals surface area contributed by atoms with Crippen LogP contribution in [0.3, 0.4) is 0 Å². The highest BCUT2D eigenvalue weighted by Crippen LogP contribution is 2.21. The second-order valence-corrected chi connectivity index (χ2v) is 6.84. The molecule has 0 unspecified atom stereocenters. The van der Waals surface area contributed by atoms with Gasteiger partial charge in [-0.3, -0.25) is 9.69 Å². The summed E-state index contributed by atoms with van der Waals surface area (Å²) < 4.78 is 10.6. The van der Waals surface area contributed by atoms with Gasteiger partial charge < -0.3 is 19.4 Å². The maximum absolute atomic E-state index is 12.8. The third kappa shape index (κ3) is 3.66. The minimum atomic E-state index is 0.0212. The topological polar surface area (TPSA) is 70.7 Å². The Bertz CT molecular complexity index is 977. The summed E-state index contributed by atoms with van der Waals surface area (Å²) in [5.41, 5.74) is 2.52. The summed E-state index contributed by atoms with van der Waals surface area (Å²) in [6.07, 6.45) is 0. The van der Waals surface area contributed by atoms with Crippen LogP contribution in [0.4, 0.5) is 0 Å². The lowest BCUT2D eigenvalue weighted by Crippen LogP contribution is -2.48. The van der Waals surface area contributed by atoms with Crippen molar-refractivity contribution in [1.29, 1.82) is 0 Å². The molecule has 28 heavy (non-hydrogen) atoms. The van der Waals surface area contributed by atoms with Crippen molar-refractivity contribution in [2.24, 2.45) is 0 Å². The molecule has 0 spiro atoms. The number of carbonyl (C=O) groups excluding carboxylic acids is 1. The fourth-order valence-corrected chi connectivity index (χ4v) is 3.56. The summed E-state index contributed by atoms with van der Waals surface area (Å²) in [7, 11) is 3.25. The highest BCUT2D eigenvalue weighted by Gasteiger charge is 2.24. The number of methoxy groups -OCH3 is 2. The molecule has 2 aromatic carbocycles. The summed E-state index contributed by atoms with van der Waals surface area (Å²) in [6, 6.07) is 13.2. The van der Waals surface area contributed by atoms with E-state index in [-0.39, 0.29) is 5.91 Å². The Kier molecular flexibility index (Phi) is 5.16. The SMILES string of the molecule is COc1ccc2nc(CN3CCN(C(=O)c4ccccc4OC)CC3)[nH]c2c1. The molecule has 4 rings (SSSR count). The molecule has 0 aliphatic carbocycles. The normalized spacial score (nSPS) is 15.0. The molecule has 0 bridgehead atoms. The van der Waals surface area contributed by atoms with E-state index in [1.54, 1.807) is 14.2 Å². The van der Waals surface area contributed by atoms with E-state index in [0.717, 1.165) is 42.2 Å². The molecule has 1 saturated heterocycles. The number of aromatic amines is 1. The molecule has 0 saturated carbocycles. The van der Waals surface area contributed by atoms with Crippen LogP contribution in [0.2, 0.25) is 0 Å². The van der Waals surface area contributed by atoms with Gasteiger partial charge in [-0.2, -0.15) is 0 Å². The lowest BCUT2D eigenvalue weighted by Gasteiger charge is -2.34. The van der Waals surface area contributed by atoms with Crippen LogP contribution in [0.5, 0.6) is 11.5 Å². The van der Waals surface area contributed by atoms with Crippen molar-refractivity contribution in [3.63, 3.8) is 0 Å². The Hall–Kier alpha value is -3.06. The van der Waals surface area contributed by atoms with Gasteiger partial charge in [-0.25, -0.2) is 4.98 Å². The second-order valence-electron chi connectivity index (χ2n) is 6.84. The second kappa shape index (κ2) is 7.90. The third-order valence-corrected chi connectivity index (χ3v) is 5.11. The van der Waals surface area contributed by atoms with E-state index in [2.05, 4.69) is 14.9 Å². The molecule has 1 N–H and O–H groups in total. The van der Waals surface area contributed by atoms with Crippen LogP contribution in [0, 0.1) is 0 Å². The smallest absolute Gasteiger partial charge is 0.257 e. The minimum absolute atomic E-state index is 0.0212. The molecule has 0 atom stereocenters. The quantitative estimate of drug-likeness (QED) is 0.737. The van der Waals surface area contributed by atoms with Crippen molar-refractivity contribution in [2.45, 2.75) is 6.54 Å². The number of nitrogens with one attached hydrogen (secondary N) is 1. The summed E-state index contributed by atoms with van der Waals surface area (Å²) in [5.74, 6) is 2.37. The van der Waals surface area contributed by atoms with Gasteiger partial charge in [0, 0.05) is 32.2 Å². The van der Waals surface area contributed by atoms with Crippen LogP contribution >= 0.6 is 0 Å². The first-order valence-corrected chi connectivity index (χ1v) is 9.35. The van der Waals surface area contributed by atoms with Crippen LogP contribution in [0.25, 0.3) is 11.0 Å². The van der Waals surface area contributed by atoms with Crippen LogP contribution in [-0.4, -0.2) is 66.1 Å². The number of imidazole rings is 1. The van der Waals surface area contributed by atoms with Gasteiger partial charge in [0.2, 0.25) is 0 Å². The lowest BCUT2D eigenvalue weighted by atomic mass is 10.1. The number of H-pyrrole nitrogens is 1. The molecule has 1 aliphatic rings. The molecule has 1 amide bonds. The van der Waals surface area contributed by atoms with Crippen LogP contribution in [0.1, 0.15) is 16.2 Å². The molecule has 1 aromatic heterocycles. The van der Waals surface area contributed by atoms with Gasteiger partial charge in [-0.05, 0) is 24.3 Å². The fourth-order valence-electron chi connectivity index (χ4n) is 3.56. The maximum Gasteiger partial charge on any atom is 0.257 e. The molecule has 7 nitrogen and oxygen atoms in total. The number of hydrogen-bond acceptors (Lipinski definition) is 5. The number of ether oxygens (including phenoxy) is 2. The zero-order chi connectivity index (χ0) is 19.5. The molecule has 146 valence electrons. The van der Waals surface area contributed by atoms with Gasteiger partial charge in [-0.15, -0.1) is 0 Å². The number of hydrogen-bond donors (Lipinski definition) is 1. The highest BCUT2D eigenvalue weighted by atomic mass is 16.5. The van der Waals surface area contributed by atoms with Crippen molar-refractivity contribution in [3.05, 3.63) is 53.9 Å². The van der Waals surface area contributed by atoms with Gasteiger partial charge in [0.15, 0.2) is 0 Å². The summed E-state index contributed by atoms with van der Waals surface area (Å²) in [4.78, 5) is 25.0. The van der Waals surface area contributed by atoms with E-state index in [1.165, 1.54) is 0 Å². The Labute approximate surface area is 163 Å². The Balaban J connectivity index is 1.38. The predicted octanol–water partition coefficient (Wildman–Crippen LogP) is 2.54. The summed E-state index contributed by atoms with van der Waals surface area (Å²) in [5, 5.41) is 0. The molecule has 3 aromatic rings. The number of rotatable bonds is 5. The number of amides is 1. The molecular weight excluding hydrogens is 356 g/mol. The lowest BCUT2D eigenvalue weighted by molar-refractivity contribution is 0.0622. The van der Waals surface area contributed by atoms with E-state index < -0.39 is 0 Å². The summed E-state index contributed by atoms with van der Waals surface area (Å²) in [6.45, 7) is 3.71. The number of fused-ring (bicyclic) bond motifs is 1. The number of nitrogens with zero attached hydrogens (tertiary/aromatic N) is 3. The maximum atomic E-state index is 12.8. The van der Waals surface area contributed by atoms with Gasteiger partial charge in [0.1, 0.15) is 17.3 Å². The first kappa shape index (κ1) is 18.3. The number of aromatic nitrogens is 2. The Morgan fingerprint density at radius 2 is 1.86 bits per heavy atom. The van der Waals surface area contributed by atoms with Gasteiger partial charge in [-0.1, -0.05) is 12.1 Å². The first-order valence-electron chi connectivity index (χ1n) is 9.35. The van der Waals surface area contributed by atoms with Crippen molar-refractivity contribution >= 4 is 16.9 Å². The monoisotopic (exact) mass is 380 g/mol. The summed E-state index contributed by atoms with van der Waals surface area (Å²) >= 11 is 0. The van der Waals surface area contributed by atoms with Crippen LogP contribution < -0.4 is 9.47 Å². The van der Waals surface area contributed by atoms with Gasteiger partial charge in [0.05, 0.1) is 37.4 Å². The predicted molar refractivity (Wildman–Crippen MR) is 107 cm³/mol. The largest absolute Gasteiger partial charge is 0.497 e. The number of benzene rings is 2.